The van der Waals surface area contributed by atoms with Crippen LogP contribution >= 0.6 is 15.9 Å². The molecule has 1 unspecified atom stereocenters. The molecule has 0 saturated carbocycles. The Morgan fingerprint density at radius 1 is 1.39 bits per heavy atom. The predicted octanol–water partition coefficient (Wildman–Crippen LogP) is 3.01. The van der Waals surface area contributed by atoms with Crippen molar-refractivity contribution in [3.8, 4) is 0 Å². The first-order valence-electron chi connectivity index (χ1n) is 4.92. The molecule has 100 valence electrons. The van der Waals surface area contributed by atoms with Gasteiger partial charge in [-0.2, -0.15) is 13.2 Å². The largest absolute Gasteiger partial charge is 0.426 e. The summed E-state index contributed by atoms with van der Waals surface area (Å²) in [6, 6.07) is 4.71. The highest BCUT2D eigenvalue weighted by Crippen LogP contribution is 2.32. The number of aryl methyl sites for hydroxylation is 1. The summed E-state index contributed by atoms with van der Waals surface area (Å²) in [5.41, 5.74) is -2.39. The molecule has 0 spiro atoms. The van der Waals surface area contributed by atoms with Crippen molar-refractivity contribution in [1.29, 1.82) is 0 Å². The van der Waals surface area contributed by atoms with Crippen LogP contribution in [0.25, 0.3) is 0 Å². The van der Waals surface area contributed by atoms with Gasteiger partial charge < -0.3 is 10.4 Å². The topological polar surface area (TPSA) is 49.3 Å². The van der Waals surface area contributed by atoms with Crippen molar-refractivity contribution < 1.29 is 23.1 Å². The quantitative estimate of drug-likeness (QED) is 0.878. The number of hydrogen-bond acceptors (Lipinski definition) is 2. The maximum absolute atomic E-state index is 12.4. The van der Waals surface area contributed by atoms with E-state index in [-0.39, 0.29) is 5.69 Å². The summed E-state index contributed by atoms with van der Waals surface area (Å²) in [6.07, 6.45) is -5.03. The van der Waals surface area contributed by atoms with Gasteiger partial charge in [-0.25, -0.2) is 0 Å². The van der Waals surface area contributed by atoms with Gasteiger partial charge in [0.25, 0.3) is 5.91 Å². The smallest absolute Gasteiger partial charge is 0.373 e. The molecule has 2 N–H and O–H groups in total. The van der Waals surface area contributed by atoms with E-state index < -0.39 is 17.7 Å². The lowest BCUT2D eigenvalue weighted by Crippen LogP contribution is -2.52. The second-order valence-electron chi connectivity index (χ2n) is 4.01. The molecule has 0 aliphatic rings. The lowest BCUT2D eigenvalue weighted by Gasteiger charge is -2.25. The minimum Gasteiger partial charge on any atom is -0.373 e. The van der Waals surface area contributed by atoms with E-state index in [9.17, 15) is 23.1 Å². The molecule has 1 rings (SSSR count). The third kappa shape index (κ3) is 3.02. The third-order valence-electron chi connectivity index (χ3n) is 2.37. The van der Waals surface area contributed by atoms with Gasteiger partial charge in [0, 0.05) is 4.47 Å². The molecule has 0 saturated heterocycles. The maximum atomic E-state index is 12.4. The molecule has 0 heterocycles. The Bertz CT molecular complexity index is 472. The SMILES string of the molecule is Cc1ccc(NC(=O)C(C)(O)C(F)(F)F)c(Br)c1. The zero-order valence-corrected chi connectivity index (χ0v) is 11.2. The number of carbonyl (C=O) groups excluding carboxylic acids is 1. The Morgan fingerprint density at radius 3 is 2.39 bits per heavy atom. The van der Waals surface area contributed by atoms with E-state index in [1.54, 1.807) is 19.1 Å². The fourth-order valence-corrected chi connectivity index (χ4v) is 1.69. The zero-order valence-electron chi connectivity index (χ0n) is 9.60. The highest BCUT2D eigenvalue weighted by molar-refractivity contribution is 9.10. The van der Waals surface area contributed by atoms with Crippen molar-refractivity contribution in [2.24, 2.45) is 0 Å². The number of rotatable bonds is 2. The van der Waals surface area contributed by atoms with Gasteiger partial charge in [-0.3, -0.25) is 4.79 Å². The van der Waals surface area contributed by atoms with Crippen LogP contribution in [0.1, 0.15) is 12.5 Å². The molecule has 0 aromatic heterocycles. The molecule has 1 aromatic rings. The van der Waals surface area contributed by atoms with Crippen LogP contribution < -0.4 is 5.32 Å². The van der Waals surface area contributed by atoms with E-state index >= 15 is 0 Å². The Kier molecular flexibility index (Phi) is 4.07. The number of nitrogens with one attached hydrogen (secondary N) is 1. The summed E-state index contributed by atoms with van der Waals surface area (Å²) in [7, 11) is 0. The number of amides is 1. The lowest BCUT2D eigenvalue weighted by atomic mass is 10.1. The molecule has 0 aliphatic carbocycles. The van der Waals surface area contributed by atoms with Gasteiger partial charge in [0.2, 0.25) is 5.60 Å². The number of aliphatic hydroxyl groups is 1. The van der Waals surface area contributed by atoms with E-state index in [4.69, 9.17) is 0 Å². The normalized spacial score (nSPS) is 15.1. The van der Waals surface area contributed by atoms with Gasteiger partial charge in [0.15, 0.2) is 0 Å². The molecule has 0 aliphatic heterocycles. The van der Waals surface area contributed by atoms with Crippen LogP contribution in [0, 0.1) is 6.92 Å². The van der Waals surface area contributed by atoms with Crippen molar-refractivity contribution in [2.45, 2.75) is 25.6 Å². The van der Waals surface area contributed by atoms with E-state index in [1.165, 1.54) is 6.07 Å². The highest BCUT2D eigenvalue weighted by atomic mass is 79.9. The fraction of sp³-hybridized carbons (Fsp3) is 0.364. The molecule has 3 nitrogen and oxygen atoms in total. The molecule has 7 heteroatoms. The molecule has 0 bridgehead atoms. The first-order chi connectivity index (χ1) is 8.05. The van der Waals surface area contributed by atoms with Gasteiger partial charge >= 0.3 is 6.18 Å². The molecule has 0 fully saturated rings. The summed E-state index contributed by atoms with van der Waals surface area (Å²) in [4.78, 5) is 11.4. The van der Waals surface area contributed by atoms with Crippen LogP contribution in [0.4, 0.5) is 18.9 Å². The number of benzene rings is 1. The molecule has 1 amide bonds. The molecule has 0 radical (unpaired) electrons. The van der Waals surface area contributed by atoms with E-state index in [0.717, 1.165) is 5.56 Å². The summed E-state index contributed by atoms with van der Waals surface area (Å²) >= 11 is 3.12. The maximum Gasteiger partial charge on any atom is 0.426 e. The van der Waals surface area contributed by atoms with Crippen molar-refractivity contribution in [3.05, 3.63) is 28.2 Å². The van der Waals surface area contributed by atoms with Crippen LogP contribution in [0.5, 0.6) is 0 Å². The monoisotopic (exact) mass is 325 g/mol. The molecule has 18 heavy (non-hydrogen) atoms. The van der Waals surface area contributed by atoms with Crippen LogP contribution in [-0.2, 0) is 4.79 Å². The van der Waals surface area contributed by atoms with Crippen molar-refractivity contribution in [2.75, 3.05) is 5.32 Å². The van der Waals surface area contributed by atoms with E-state index in [0.29, 0.717) is 11.4 Å². The molecular weight excluding hydrogens is 315 g/mol. The summed E-state index contributed by atoms with van der Waals surface area (Å²) in [5, 5.41) is 11.2. The summed E-state index contributed by atoms with van der Waals surface area (Å²) < 4.78 is 37.7. The molecular formula is C11H11BrF3NO2. The number of halogens is 4. The third-order valence-corrected chi connectivity index (χ3v) is 3.02. The highest BCUT2D eigenvalue weighted by Gasteiger charge is 2.55. The van der Waals surface area contributed by atoms with Crippen molar-refractivity contribution in [1.82, 2.24) is 0 Å². The molecule has 1 aromatic carbocycles. The Balaban J connectivity index is 2.95. The number of hydrogen-bond donors (Lipinski definition) is 2. The summed E-state index contributed by atoms with van der Waals surface area (Å²) in [5.74, 6) is -1.53. The minimum absolute atomic E-state index is 0.162. The zero-order chi connectivity index (χ0) is 14.1. The predicted molar refractivity (Wildman–Crippen MR) is 64.2 cm³/mol. The number of carbonyl (C=O) groups is 1. The Morgan fingerprint density at radius 2 is 1.94 bits per heavy atom. The van der Waals surface area contributed by atoms with E-state index in [2.05, 4.69) is 15.9 Å². The Hall–Kier alpha value is -1.08. The lowest BCUT2D eigenvalue weighted by molar-refractivity contribution is -0.242. The van der Waals surface area contributed by atoms with Crippen molar-refractivity contribution >= 4 is 27.5 Å². The second-order valence-corrected chi connectivity index (χ2v) is 4.86. The first kappa shape index (κ1) is 15.0. The Labute approximate surface area is 110 Å². The van der Waals surface area contributed by atoms with Gasteiger partial charge in [0.05, 0.1) is 5.69 Å². The van der Waals surface area contributed by atoms with Crippen LogP contribution in [0.15, 0.2) is 22.7 Å². The van der Waals surface area contributed by atoms with Gasteiger partial charge in [-0.15, -0.1) is 0 Å². The average molecular weight is 326 g/mol. The second kappa shape index (κ2) is 4.89. The van der Waals surface area contributed by atoms with Gasteiger partial charge in [-0.1, -0.05) is 6.07 Å². The van der Waals surface area contributed by atoms with Crippen molar-refractivity contribution in [3.63, 3.8) is 0 Å². The standard InChI is InChI=1S/C11H11BrF3NO2/c1-6-3-4-8(7(12)5-6)16-9(17)10(2,18)11(13,14)15/h3-5,18H,1-2H3,(H,16,17). The molecule has 1 atom stereocenters. The van der Waals surface area contributed by atoms with E-state index in [1.807, 2.05) is 5.32 Å². The van der Waals surface area contributed by atoms with Gasteiger partial charge in [-0.05, 0) is 47.5 Å². The van der Waals surface area contributed by atoms with Gasteiger partial charge in [0.1, 0.15) is 0 Å². The fourth-order valence-electron chi connectivity index (χ4n) is 1.09. The van der Waals surface area contributed by atoms with Crippen LogP contribution in [-0.4, -0.2) is 22.8 Å². The number of alkyl halides is 3. The average Bonchev–Trinajstić information content (AvgIpc) is 2.20. The summed E-state index contributed by atoms with van der Waals surface area (Å²) in [6.45, 7) is 2.20. The van der Waals surface area contributed by atoms with Crippen LogP contribution in [0.2, 0.25) is 0 Å². The number of anilines is 1. The minimum atomic E-state index is -5.03. The van der Waals surface area contributed by atoms with Crippen LogP contribution in [0.3, 0.4) is 0 Å². The first-order valence-corrected chi connectivity index (χ1v) is 5.71.